The maximum Gasteiger partial charge on any atom is 0.359 e. The van der Waals surface area contributed by atoms with E-state index in [2.05, 4.69) is 0 Å². The molecule has 4 atom stereocenters. The molecule has 31 heavy (non-hydrogen) atoms. The minimum Gasteiger partial charge on any atom is -0.431 e. The summed E-state index contributed by atoms with van der Waals surface area (Å²) < 4.78 is 11.0. The van der Waals surface area contributed by atoms with E-state index in [1.165, 1.54) is 28.4 Å². The SMILES string of the molecule is CCC(CC)C(=O)OCOC(=O)C1=C(SC2CC[Si](O)C2)SC2N1C(=O)C2(C)C(C)O. The molecular weight excluding hydrogens is 458 g/mol. The van der Waals surface area contributed by atoms with Gasteiger partial charge in [0, 0.05) is 5.25 Å². The number of carbonyl (C=O) groups is 3. The van der Waals surface area contributed by atoms with E-state index in [-0.39, 0.29) is 22.8 Å². The Hall–Kier alpha value is -1.01. The van der Waals surface area contributed by atoms with Crippen LogP contribution in [0.25, 0.3) is 0 Å². The van der Waals surface area contributed by atoms with Crippen molar-refractivity contribution in [2.75, 3.05) is 6.79 Å². The van der Waals surface area contributed by atoms with Gasteiger partial charge in [0.05, 0.1) is 16.3 Å². The maximum absolute atomic E-state index is 12.9. The van der Waals surface area contributed by atoms with Crippen molar-refractivity contribution in [1.29, 1.82) is 0 Å². The van der Waals surface area contributed by atoms with Gasteiger partial charge in [-0.25, -0.2) is 4.79 Å². The van der Waals surface area contributed by atoms with Crippen LogP contribution in [0.5, 0.6) is 0 Å². The lowest BCUT2D eigenvalue weighted by molar-refractivity contribution is -0.177. The van der Waals surface area contributed by atoms with Crippen molar-refractivity contribution >= 4 is 50.4 Å². The summed E-state index contributed by atoms with van der Waals surface area (Å²) in [5.74, 6) is -1.69. The highest BCUT2D eigenvalue weighted by Crippen LogP contribution is 2.60. The summed E-state index contributed by atoms with van der Waals surface area (Å²) in [6.07, 6.45) is 1.28. The number of esters is 2. The van der Waals surface area contributed by atoms with Crippen LogP contribution in [0.2, 0.25) is 12.1 Å². The number of aliphatic hydroxyl groups excluding tert-OH is 1. The number of ether oxygens (including phenoxy) is 2. The Labute approximate surface area is 192 Å². The lowest BCUT2D eigenvalue weighted by Crippen LogP contribution is -2.68. The zero-order valence-electron chi connectivity index (χ0n) is 18.3. The molecule has 11 heteroatoms. The van der Waals surface area contributed by atoms with Gasteiger partial charge in [0.2, 0.25) is 21.7 Å². The number of hydrogen-bond donors (Lipinski definition) is 2. The fourth-order valence-electron chi connectivity index (χ4n) is 3.97. The summed E-state index contributed by atoms with van der Waals surface area (Å²) in [6, 6.07) is 1.53. The highest BCUT2D eigenvalue weighted by Gasteiger charge is 2.66. The van der Waals surface area contributed by atoms with Gasteiger partial charge in [-0.1, -0.05) is 25.6 Å². The fraction of sp³-hybridized carbons (Fsp3) is 0.750. The third-order valence-corrected chi connectivity index (χ3v) is 11.5. The Morgan fingerprint density at radius 2 is 2.03 bits per heavy atom. The number of carbonyl (C=O) groups excluding carboxylic acids is 3. The summed E-state index contributed by atoms with van der Waals surface area (Å²) in [5.41, 5.74) is -0.831. The Morgan fingerprint density at radius 3 is 2.58 bits per heavy atom. The molecule has 0 aromatic carbocycles. The maximum atomic E-state index is 12.9. The summed E-state index contributed by atoms with van der Waals surface area (Å²) in [5, 5.41) is 9.98. The van der Waals surface area contributed by atoms with Crippen LogP contribution in [0.4, 0.5) is 0 Å². The number of nitrogens with zero attached hydrogens (tertiary/aromatic N) is 1. The zero-order valence-corrected chi connectivity index (χ0v) is 20.9. The monoisotopic (exact) mass is 488 g/mol. The number of hydrogen-bond acceptors (Lipinski definition) is 9. The first-order valence-corrected chi connectivity index (χ1v) is 14.2. The fourth-order valence-corrected chi connectivity index (χ4v) is 9.79. The van der Waals surface area contributed by atoms with Crippen molar-refractivity contribution in [3.63, 3.8) is 0 Å². The van der Waals surface area contributed by atoms with E-state index in [1.54, 1.807) is 13.8 Å². The molecule has 0 saturated carbocycles. The molecule has 3 aliphatic heterocycles. The highest BCUT2D eigenvalue weighted by molar-refractivity contribution is 8.23. The lowest BCUT2D eigenvalue weighted by Gasteiger charge is -2.52. The minimum absolute atomic E-state index is 0.153. The summed E-state index contributed by atoms with van der Waals surface area (Å²) >= 11 is 2.88. The summed E-state index contributed by atoms with van der Waals surface area (Å²) in [7, 11) is -1.32. The highest BCUT2D eigenvalue weighted by atomic mass is 32.2. The predicted octanol–water partition coefficient (Wildman–Crippen LogP) is 2.43. The van der Waals surface area contributed by atoms with Crippen molar-refractivity contribution < 1.29 is 33.8 Å². The smallest absolute Gasteiger partial charge is 0.359 e. The molecule has 0 aromatic rings. The Balaban J connectivity index is 1.73. The van der Waals surface area contributed by atoms with E-state index in [0.29, 0.717) is 17.1 Å². The van der Waals surface area contributed by atoms with Gasteiger partial charge in [-0.3, -0.25) is 14.5 Å². The number of amides is 1. The van der Waals surface area contributed by atoms with Crippen molar-refractivity contribution in [2.45, 2.75) is 75.8 Å². The largest absolute Gasteiger partial charge is 0.431 e. The van der Waals surface area contributed by atoms with Gasteiger partial charge in [-0.05, 0) is 45.2 Å². The standard InChI is InChI=1S/C20H30NO7S2Si/c1-5-12(6-2)15(23)27-10-28-16(24)14-17(29-13-7-8-31(26)9-13)30-19-20(4,11(3)22)18(25)21(14)19/h11-13,19,22,26H,5-10H2,1-4H3. The van der Waals surface area contributed by atoms with Gasteiger partial charge in [0.25, 0.3) is 0 Å². The Morgan fingerprint density at radius 1 is 1.35 bits per heavy atom. The molecule has 173 valence electrons. The quantitative estimate of drug-likeness (QED) is 0.219. The van der Waals surface area contributed by atoms with Crippen LogP contribution in [0, 0.1) is 11.3 Å². The average molecular weight is 489 g/mol. The van der Waals surface area contributed by atoms with Gasteiger partial charge in [-0.2, -0.15) is 0 Å². The normalized spacial score (nSPS) is 29.3. The molecule has 0 bridgehead atoms. The third-order valence-electron chi connectivity index (χ3n) is 6.34. The Kier molecular flexibility index (Phi) is 7.83. The van der Waals surface area contributed by atoms with Gasteiger partial charge >= 0.3 is 11.9 Å². The molecule has 2 N–H and O–H groups in total. The molecule has 3 rings (SSSR count). The van der Waals surface area contributed by atoms with Crippen molar-refractivity contribution in [3.8, 4) is 0 Å². The van der Waals surface area contributed by atoms with Crippen molar-refractivity contribution in [3.05, 3.63) is 9.93 Å². The van der Waals surface area contributed by atoms with Crippen LogP contribution >= 0.6 is 23.5 Å². The molecule has 0 spiro atoms. The van der Waals surface area contributed by atoms with E-state index in [0.717, 1.165) is 18.5 Å². The summed E-state index contributed by atoms with van der Waals surface area (Å²) in [6.45, 7) is 6.55. The molecule has 3 heterocycles. The van der Waals surface area contributed by atoms with E-state index in [9.17, 15) is 24.3 Å². The minimum atomic E-state index is -1.32. The molecule has 2 saturated heterocycles. The molecule has 2 fully saturated rings. The van der Waals surface area contributed by atoms with Gasteiger partial charge in [-0.15, -0.1) is 11.8 Å². The first-order chi connectivity index (χ1) is 14.6. The molecule has 1 radical (unpaired) electrons. The van der Waals surface area contributed by atoms with Crippen LogP contribution in [-0.4, -0.2) is 65.2 Å². The number of thioether (sulfide) groups is 2. The van der Waals surface area contributed by atoms with Crippen LogP contribution in [0.15, 0.2) is 9.93 Å². The first kappa shape index (κ1) is 24.6. The van der Waals surface area contributed by atoms with E-state index < -0.39 is 44.7 Å². The summed E-state index contributed by atoms with van der Waals surface area (Å²) in [4.78, 5) is 49.2. The molecular formula is C20H30NO7S2Si. The molecule has 1 amide bonds. The van der Waals surface area contributed by atoms with Crippen LogP contribution < -0.4 is 0 Å². The van der Waals surface area contributed by atoms with E-state index in [4.69, 9.17) is 9.47 Å². The molecule has 8 nitrogen and oxygen atoms in total. The molecule has 4 unspecified atom stereocenters. The number of fused-ring (bicyclic) bond motifs is 1. The van der Waals surface area contributed by atoms with E-state index >= 15 is 0 Å². The second-order valence-corrected chi connectivity index (χ2v) is 13.0. The van der Waals surface area contributed by atoms with Gasteiger partial charge < -0.3 is 19.4 Å². The zero-order chi connectivity index (χ0) is 22.9. The van der Waals surface area contributed by atoms with Gasteiger partial charge in [0.1, 0.15) is 10.8 Å². The Bertz CT molecular complexity index is 773. The second kappa shape index (κ2) is 9.86. The van der Waals surface area contributed by atoms with Crippen LogP contribution in [0.3, 0.4) is 0 Å². The lowest BCUT2D eigenvalue weighted by atomic mass is 9.75. The van der Waals surface area contributed by atoms with Crippen LogP contribution in [-0.2, 0) is 23.9 Å². The molecule has 0 aliphatic carbocycles. The molecule has 3 aliphatic rings. The number of aliphatic hydroxyl groups is 1. The van der Waals surface area contributed by atoms with Crippen molar-refractivity contribution in [2.24, 2.45) is 11.3 Å². The predicted molar refractivity (Wildman–Crippen MR) is 120 cm³/mol. The van der Waals surface area contributed by atoms with E-state index in [1.807, 2.05) is 13.8 Å². The first-order valence-electron chi connectivity index (χ1n) is 10.6. The van der Waals surface area contributed by atoms with Crippen molar-refractivity contribution in [1.82, 2.24) is 4.90 Å². The van der Waals surface area contributed by atoms with Crippen LogP contribution in [0.1, 0.15) is 47.0 Å². The molecule has 0 aromatic heterocycles. The third kappa shape index (κ3) is 4.57. The number of rotatable bonds is 9. The topological polar surface area (TPSA) is 113 Å². The average Bonchev–Trinajstić information content (AvgIpc) is 3.30. The number of β-lactam (4-membered cyclic amide) rings is 1. The second-order valence-electron chi connectivity index (χ2n) is 8.32. The van der Waals surface area contributed by atoms with Gasteiger partial charge in [0.15, 0.2) is 5.70 Å².